The van der Waals surface area contributed by atoms with Crippen LogP contribution < -0.4 is 0 Å². The number of aromatic carboxylic acids is 1. The average Bonchev–Trinajstić information content (AvgIpc) is 2.65. The lowest BCUT2D eigenvalue weighted by Gasteiger charge is -2.23. The van der Waals surface area contributed by atoms with Crippen LogP contribution in [0.2, 0.25) is 0 Å². The number of aryl methyl sites for hydroxylation is 3. The van der Waals surface area contributed by atoms with Gasteiger partial charge in [0.25, 0.3) is 0 Å². The summed E-state index contributed by atoms with van der Waals surface area (Å²) in [4.78, 5) is 11.8. The highest BCUT2D eigenvalue weighted by Gasteiger charge is 2.20. The van der Waals surface area contributed by atoms with Gasteiger partial charge in [-0.05, 0) is 94.1 Å². The van der Waals surface area contributed by atoms with Crippen molar-refractivity contribution in [2.75, 3.05) is 0 Å². The van der Waals surface area contributed by atoms with Gasteiger partial charge >= 0.3 is 5.97 Å². The van der Waals surface area contributed by atoms with Crippen molar-refractivity contribution in [2.24, 2.45) is 0 Å². The van der Waals surface area contributed by atoms with E-state index in [4.69, 9.17) is 0 Å². The molecule has 2 heteroatoms. The molecular weight excluding hydrogens is 320 g/mol. The highest BCUT2D eigenvalue weighted by atomic mass is 16.4. The summed E-state index contributed by atoms with van der Waals surface area (Å²) in [6.45, 7) is 11.1. The minimum absolute atomic E-state index is 0.394. The van der Waals surface area contributed by atoms with Gasteiger partial charge in [0.2, 0.25) is 0 Å². The second-order valence-corrected chi connectivity index (χ2v) is 6.96. The van der Waals surface area contributed by atoms with Gasteiger partial charge < -0.3 is 5.11 Å². The fourth-order valence-corrected chi connectivity index (χ4v) is 4.74. The molecule has 3 aromatic carbocycles. The van der Waals surface area contributed by atoms with Crippen molar-refractivity contribution < 1.29 is 9.90 Å². The van der Waals surface area contributed by atoms with Gasteiger partial charge in [-0.2, -0.15) is 0 Å². The van der Waals surface area contributed by atoms with Crippen LogP contribution in [0.3, 0.4) is 0 Å². The van der Waals surface area contributed by atoms with E-state index >= 15 is 0 Å². The van der Waals surface area contributed by atoms with E-state index in [2.05, 4.69) is 46.8 Å². The van der Waals surface area contributed by atoms with Crippen molar-refractivity contribution >= 4 is 27.5 Å². The third-order valence-corrected chi connectivity index (χ3v) is 5.81. The molecule has 0 unspecified atom stereocenters. The fraction of sp³-hybridized carbons (Fsp3) is 0.375. The van der Waals surface area contributed by atoms with E-state index in [9.17, 15) is 9.90 Å². The maximum Gasteiger partial charge on any atom is 0.336 e. The highest BCUT2D eigenvalue weighted by Crippen LogP contribution is 2.38. The van der Waals surface area contributed by atoms with Crippen molar-refractivity contribution in [3.8, 4) is 0 Å². The van der Waals surface area contributed by atoms with Crippen LogP contribution in [-0.2, 0) is 25.7 Å². The van der Waals surface area contributed by atoms with Crippen LogP contribution in [0.1, 0.15) is 65.9 Å². The quantitative estimate of drug-likeness (QED) is 0.553. The smallest absolute Gasteiger partial charge is 0.336 e. The predicted molar refractivity (Wildman–Crippen MR) is 111 cm³/mol. The maximum atomic E-state index is 11.8. The molecule has 2 nitrogen and oxygen atoms in total. The first-order valence-corrected chi connectivity index (χ1v) is 9.74. The first-order chi connectivity index (χ1) is 12.5. The molecule has 0 amide bonds. The Morgan fingerprint density at radius 2 is 1.38 bits per heavy atom. The molecule has 136 valence electrons. The van der Waals surface area contributed by atoms with Gasteiger partial charge in [0.1, 0.15) is 0 Å². The molecule has 0 saturated heterocycles. The van der Waals surface area contributed by atoms with Crippen LogP contribution in [0, 0.1) is 6.92 Å². The van der Waals surface area contributed by atoms with E-state index in [0.717, 1.165) is 36.5 Å². The number of carbonyl (C=O) groups is 1. The zero-order chi connectivity index (χ0) is 19.0. The van der Waals surface area contributed by atoms with E-state index in [-0.39, 0.29) is 0 Å². The van der Waals surface area contributed by atoms with Gasteiger partial charge in [-0.15, -0.1) is 0 Å². The van der Waals surface area contributed by atoms with Crippen molar-refractivity contribution in [3.63, 3.8) is 0 Å². The Balaban J connectivity index is 2.65. The zero-order valence-electron chi connectivity index (χ0n) is 16.5. The van der Waals surface area contributed by atoms with Crippen LogP contribution in [0.25, 0.3) is 21.5 Å². The molecule has 26 heavy (non-hydrogen) atoms. The van der Waals surface area contributed by atoms with Crippen molar-refractivity contribution in [1.29, 1.82) is 0 Å². The Bertz CT molecular complexity index is 1010. The summed E-state index contributed by atoms with van der Waals surface area (Å²) < 4.78 is 0. The standard InChI is InChI=1S/C24H28O2/c1-6-15-16(7-2)18(9-4)23-14(5)19-11-10-12-20(24(25)26)21(19)13-22(23)17(15)8-3/h10-13H,6-9H2,1-5H3,(H,25,26). The molecule has 3 rings (SSSR count). The van der Waals surface area contributed by atoms with E-state index in [0.29, 0.717) is 5.56 Å². The summed E-state index contributed by atoms with van der Waals surface area (Å²) in [5.74, 6) is -0.857. The summed E-state index contributed by atoms with van der Waals surface area (Å²) in [6, 6.07) is 7.76. The predicted octanol–water partition coefficient (Wildman–Crippen LogP) is 6.25. The molecular formula is C24H28O2. The monoisotopic (exact) mass is 348 g/mol. The second kappa shape index (κ2) is 7.11. The largest absolute Gasteiger partial charge is 0.478 e. The first kappa shape index (κ1) is 18.4. The van der Waals surface area contributed by atoms with Gasteiger partial charge in [0, 0.05) is 0 Å². The molecule has 1 N–H and O–H groups in total. The lowest BCUT2D eigenvalue weighted by atomic mass is 9.81. The molecule has 0 fully saturated rings. The summed E-state index contributed by atoms with van der Waals surface area (Å²) in [6.07, 6.45) is 4.04. The van der Waals surface area contributed by atoms with E-state index in [1.54, 1.807) is 6.07 Å². The van der Waals surface area contributed by atoms with Gasteiger partial charge in [-0.1, -0.05) is 39.8 Å². The Morgan fingerprint density at radius 3 is 1.92 bits per heavy atom. The normalized spacial score (nSPS) is 11.4. The van der Waals surface area contributed by atoms with Crippen LogP contribution in [0.4, 0.5) is 0 Å². The van der Waals surface area contributed by atoms with E-state index in [1.807, 2.05) is 6.07 Å². The number of hydrogen-bond donors (Lipinski definition) is 1. The number of benzene rings is 3. The molecule has 0 atom stereocenters. The molecule has 0 heterocycles. The molecule has 0 aromatic heterocycles. The number of hydrogen-bond acceptors (Lipinski definition) is 1. The molecule has 0 saturated carbocycles. The molecule has 0 aliphatic rings. The fourth-order valence-electron chi connectivity index (χ4n) is 4.74. The van der Waals surface area contributed by atoms with E-state index in [1.165, 1.54) is 38.6 Å². The van der Waals surface area contributed by atoms with Crippen molar-refractivity contribution in [2.45, 2.75) is 60.3 Å². The van der Waals surface area contributed by atoms with Crippen molar-refractivity contribution in [1.82, 2.24) is 0 Å². The molecule has 0 radical (unpaired) electrons. The number of carboxylic acids is 1. The third-order valence-electron chi connectivity index (χ3n) is 5.81. The minimum atomic E-state index is -0.857. The first-order valence-electron chi connectivity index (χ1n) is 9.74. The van der Waals surface area contributed by atoms with Crippen LogP contribution in [0.15, 0.2) is 24.3 Å². The summed E-state index contributed by atoms with van der Waals surface area (Å²) >= 11 is 0. The molecule has 0 bridgehead atoms. The second-order valence-electron chi connectivity index (χ2n) is 6.96. The molecule has 3 aromatic rings. The van der Waals surface area contributed by atoms with Crippen LogP contribution >= 0.6 is 0 Å². The Kier molecular flexibility index (Phi) is 5.04. The van der Waals surface area contributed by atoms with Gasteiger partial charge in [-0.3, -0.25) is 0 Å². The third kappa shape index (κ3) is 2.59. The molecule has 0 spiro atoms. The Hall–Kier alpha value is -2.35. The topological polar surface area (TPSA) is 37.3 Å². The summed E-state index contributed by atoms with van der Waals surface area (Å²) in [5, 5.41) is 14.2. The minimum Gasteiger partial charge on any atom is -0.478 e. The number of rotatable bonds is 5. The lowest BCUT2D eigenvalue weighted by Crippen LogP contribution is -2.06. The van der Waals surface area contributed by atoms with Gasteiger partial charge in [0.15, 0.2) is 0 Å². The van der Waals surface area contributed by atoms with Crippen LogP contribution in [-0.4, -0.2) is 11.1 Å². The SMILES string of the molecule is CCc1c(CC)c(CC)c2c(C)c3cccc(C(=O)O)c3cc2c1CC. The number of carboxylic acid groups (broad SMARTS) is 1. The molecule has 0 aliphatic carbocycles. The average molecular weight is 348 g/mol. The molecule has 0 aliphatic heterocycles. The zero-order valence-corrected chi connectivity index (χ0v) is 16.5. The Labute approximate surface area is 155 Å². The van der Waals surface area contributed by atoms with Gasteiger partial charge in [0.05, 0.1) is 5.56 Å². The van der Waals surface area contributed by atoms with Crippen LogP contribution in [0.5, 0.6) is 0 Å². The van der Waals surface area contributed by atoms with Crippen molar-refractivity contribution in [3.05, 3.63) is 57.6 Å². The summed E-state index contributed by atoms with van der Waals surface area (Å²) in [7, 11) is 0. The highest BCUT2D eigenvalue weighted by molar-refractivity contribution is 6.12. The summed E-state index contributed by atoms with van der Waals surface area (Å²) in [5.41, 5.74) is 7.40. The number of fused-ring (bicyclic) bond motifs is 2. The van der Waals surface area contributed by atoms with Gasteiger partial charge in [-0.25, -0.2) is 4.79 Å². The lowest BCUT2D eigenvalue weighted by molar-refractivity contribution is 0.0699. The maximum absolute atomic E-state index is 11.8. The van der Waals surface area contributed by atoms with E-state index < -0.39 is 5.97 Å². The Morgan fingerprint density at radius 1 is 0.808 bits per heavy atom.